The van der Waals surface area contributed by atoms with Crippen molar-refractivity contribution in [1.29, 1.82) is 0 Å². The summed E-state index contributed by atoms with van der Waals surface area (Å²) in [4.78, 5) is 25.4. The van der Waals surface area contributed by atoms with Crippen molar-refractivity contribution < 1.29 is 24.5 Å². The fraction of sp³-hybridized carbons (Fsp3) is 0.263. The first-order valence-electron chi connectivity index (χ1n) is 8.17. The molecule has 0 amide bonds. The van der Waals surface area contributed by atoms with Gasteiger partial charge in [0.2, 0.25) is 0 Å². The summed E-state index contributed by atoms with van der Waals surface area (Å²) in [5, 5.41) is 14.8. The minimum atomic E-state index is -1.82. The van der Waals surface area contributed by atoms with Crippen LogP contribution in [0.3, 0.4) is 0 Å². The summed E-state index contributed by atoms with van der Waals surface area (Å²) < 4.78 is 5.36. The zero-order valence-corrected chi connectivity index (χ0v) is 16.2. The van der Waals surface area contributed by atoms with Crippen molar-refractivity contribution in [3.8, 4) is 5.75 Å². The van der Waals surface area contributed by atoms with Gasteiger partial charge in [0.25, 0.3) is 0 Å². The Balaban J connectivity index is 0.000000380. The Morgan fingerprint density at radius 2 is 1.67 bits per heavy atom. The van der Waals surface area contributed by atoms with Crippen molar-refractivity contribution in [1.82, 2.24) is 4.90 Å². The van der Waals surface area contributed by atoms with E-state index in [1.54, 1.807) is 7.11 Å². The van der Waals surface area contributed by atoms with E-state index in [-0.39, 0.29) is 0 Å². The average molecular weight is 390 g/mol. The Bertz CT molecular complexity index is 813. The number of methoxy groups -OCH3 is 1. The molecule has 27 heavy (non-hydrogen) atoms. The molecule has 1 heterocycles. The quantitative estimate of drug-likeness (QED) is 0.770. The lowest BCUT2D eigenvalue weighted by Crippen LogP contribution is -2.29. The monoisotopic (exact) mass is 390 g/mol. The number of anilines is 2. The maximum atomic E-state index is 9.10. The summed E-state index contributed by atoms with van der Waals surface area (Å²) in [6, 6.07) is 14.9. The summed E-state index contributed by atoms with van der Waals surface area (Å²) in [7, 11) is 5.94. The van der Waals surface area contributed by atoms with Gasteiger partial charge in [-0.05, 0) is 44.4 Å². The van der Waals surface area contributed by atoms with Crippen LogP contribution in [-0.2, 0) is 9.59 Å². The maximum absolute atomic E-state index is 9.10. The van der Waals surface area contributed by atoms with Crippen molar-refractivity contribution in [3.63, 3.8) is 0 Å². The Labute approximate surface area is 162 Å². The van der Waals surface area contributed by atoms with Crippen LogP contribution >= 0.6 is 11.8 Å². The number of fused-ring (bicyclic) bond motifs is 2. The minimum absolute atomic E-state index is 0.910. The van der Waals surface area contributed by atoms with E-state index in [9.17, 15) is 0 Å². The number of hydrogen-bond donors (Lipinski definition) is 2. The molecule has 0 bridgehead atoms. The molecular formula is C19H22N2O5S. The smallest absolute Gasteiger partial charge is 0.414 e. The Morgan fingerprint density at radius 1 is 1.04 bits per heavy atom. The van der Waals surface area contributed by atoms with Crippen LogP contribution in [0.1, 0.15) is 0 Å². The topological polar surface area (TPSA) is 90.3 Å². The highest BCUT2D eigenvalue weighted by molar-refractivity contribution is 7.99. The summed E-state index contributed by atoms with van der Waals surface area (Å²) in [6.45, 7) is 1.99. The van der Waals surface area contributed by atoms with Gasteiger partial charge >= 0.3 is 11.9 Å². The van der Waals surface area contributed by atoms with Crippen molar-refractivity contribution in [3.05, 3.63) is 42.5 Å². The number of carboxylic acid groups (broad SMARTS) is 2. The molecule has 0 atom stereocenters. The molecule has 2 aromatic rings. The van der Waals surface area contributed by atoms with E-state index in [0.29, 0.717) is 0 Å². The standard InChI is InChI=1S/C17H20N2OS.C2H2O4/c1-18(2)10-11-19-14-6-4-5-7-16(14)21-17-12-13(20-3)8-9-15(17)19;3-1(4)2(5)6/h4-9,12H,10-11H2,1-3H3;(H,3,4)(H,5,6). The van der Waals surface area contributed by atoms with Gasteiger partial charge in [-0.2, -0.15) is 0 Å². The van der Waals surface area contributed by atoms with Crippen LogP contribution in [0, 0.1) is 0 Å². The third-order valence-corrected chi connectivity index (χ3v) is 4.90. The van der Waals surface area contributed by atoms with Crippen LogP contribution in [0.2, 0.25) is 0 Å². The fourth-order valence-corrected chi connectivity index (χ4v) is 3.61. The van der Waals surface area contributed by atoms with Gasteiger partial charge in [-0.15, -0.1) is 0 Å². The van der Waals surface area contributed by atoms with Crippen LogP contribution in [0.5, 0.6) is 5.75 Å². The summed E-state index contributed by atoms with van der Waals surface area (Å²) >= 11 is 1.81. The van der Waals surface area contributed by atoms with Crippen LogP contribution in [0.4, 0.5) is 11.4 Å². The van der Waals surface area contributed by atoms with Crippen LogP contribution in [0.25, 0.3) is 0 Å². The van der Waals surface area contributed by atoms with E-state index >= 15 is 0 Å². The molecule has 0 spiro atoms. The third kappa shape index (κ3) is 5.38. The molecule has 0 aromatic heterocycles. The Hall–Kier alpha value is -2.71. The molecule has 0 saturated heterocycles. The Kier molecular flexibility index (Phi) is 7.09. The second-order valence-corrected chi connectivity index (χ2v) is 7.05. The van der Waals surface area contributed by atoms with E-state index in [4.69, 9.17) is 24.5 Å². The number of aliphatic carboxylic acids is 2. The first kappa shape index (κ1) is 20.6. The molecule has 0 unspecified atom stereocenters. The maximum Gasteiger partial charge on any atom is 0.414 e. The largest absolute Gasteiger partial charge is 0.497 e. The molecule has 7 nitrogen and oxygen atoms in total. The first-order chi connectivity index (χ1) is 12.8. The van der Waals surface area contributed by atoms with Crippen molar-refractivity contribution in [2.75, 3.05) is 39.2 Å². The molecule has 8 heteroatoms. The number of nitrogens with zero attached hydrogens (tertiary/aromatic N) is 2. The molecule has 3 rings (SSSR count). The molecule has 0 aliphatic carbocycles. The molecule has 0 saturated carbocycles. The lowest BCUT2D eigenvalue weighted by Gasteiger charge is -2.33. The molecule has 2 aromatic carbocycles. The number of ether oxygens (including phenoxy) is 1. The average Bonchev–Trinajstić information content (AvgIpc) is 2.64. The summed E-state index contributed by atoms with van der Waals surface area (Å²) in [5.74, 6) is -2.74. The molecule has 0 fully saturated rings. The lowest BCUT2D eigenvalue weighted by atomic mass is 10.2. The van der Waals surface area contributed by atoms with Gasteiger partial charge in [-0.25, -0.2) is 9.59 Å². The number of hydrogen-bond acceptors (Lipinski definition) is 6. The predicted molar refractivity (Wildman–Crippen MR) is 104 cm³/mol. The van der Waals surface area contributed by atoms with Gasteiger partial charge in [0.1, 0.15) is 5.75 Å². The van der Waals surface area contributed by atoms with Gasteiger partial charge < -0.3 is 24.7 Å². The number of para-hydroxylation sites is 1. The van der Waals surface area contributed by atoms with Crippen LogP contribution in [0.15, 0.2) is 52.3 Å². The van der Waals surface area contributed by atoms with Crippen LogP contribution in [-0.4, -0.2) is 61.3 Å². The van der Waals surface area contributed by atoms with Crippen molar-refractivity contribution >= 4 is 35.1 Å². The van der Waals surface area contributed by atoms with Gasteiger partial charge in [0.05, 0.1) is 18.5 Å². The zero-order chi connectivity index (χ0) is 20.0. The molecule has 0 radical (unpaired) electrons. The van der Waals surface area contributed by atoms with Crippen molar-refractivity contribution in [2.45, 2.75) is 9.79 Å². The Morgan fingerprint density at radius 3 is 2.26 bits per heavy atom. The highest BCUT2D eigenvalue weighted by Gasteiger charge is 2.23. The van der Waals surface area contributed by atoms with Gasteiger partial charge in [-0.3, -0.25) is 0 Å². The predicted octanol–water partition coefficient (Wildman–Crippen LogP) is 3.02. The number of carboxylic acids is 2. The van der Waals surface area contributed by atoms with Crippen molar-refractivity contribution in [2.24, 2.45) is 0 Å². The normalized spacial score (nSPS) is 11.8. The highest BCUT2D eigenvalue weighted by atomic mass is 32.2. The number of likely N-dealkylation sites (N-methyl/N-ethyl adjacent to an activating group) is 1. The molecule has 2 N–H and O–H groups in total. The van der Waals surface area contributed by atoms with Gasteiger partial charge in [0, 0.05) is 22.9 Å². The van der Waals surface area contributed by atoms with Gasteiger partial charge in [-0.1, -0.05) is 23.9 Å². The van der Waals surface area contributed by atoms with E-state index in [2.05, 4.69) is 60.3 Å². The van der Waals surface area contributed by atoms with E-state index in [1.165, 1.54) is 21.2 Å². The van der Waals surface area contributed by atoms with E-state index < -0.39 is 11.9 Å². The SMILES string of the molecule is COc1ccc2c(c1)Sc1ccccc1N2CCN(C)C.O=C(O)C(=O)O. The van der Waals surface area contributed by atoms with E-state index in [1.807, 2.05) is 17.8 Å². The van der Waals surface area contributed by atoms with Crippen LogP contribution < -0.4 is 9.64 Å². The highest BCUT2D eigenvalue weighted by Crippen LogP contribution is 2.48. The first-order valence-corrected chi connectivity index (χ1v) is 8.98. The zero-order valence-electron chi connectivity index (χ0n) is 15.4. The molecule has 1 aliphatic heterocycles. The summed E-state index contributed by atoms with van der Waals surface area (Å²) in [5.41, 5.74) is 2.56. The molecule has 1 aliphatic rings. The second-order valence-electron chi connectivity index (χ2n) is 5.97. The van der Waals surface area contributed by atoms with Gasteiger partial charge in [0.15, 0.2) is 0 Å². The molecular weight excluding hydrogens is 368 g/mol. The summed E-state index contributed by atoms with van der Waals surface area (Å²) in [6.07, 6.45) is 0. The lowest BCUT2D eigenvalue weighted by molar-refractivity contribution is -0.159. The second kappa shape index (κ2) is 9.29. The minimum Gasteiger partial charge on any atom is -0.497 e. The number of rotatable bonds is 4. The molecule has 144 valence electrons. The number of benzene rings is 2. The third-order valence-electron chi connectivity index (χ3n) is 3.79. The fourth-order valence-electron chi connectivity index (χ4n) is 2.48. The van der Waals surface area contributed by atoms with E-state index in [0.717, 1.165) is 18.8 Å². The number of carbonyl (C=O) groups is 2.